The number of nitrogens with one attached hydrogen (secondary N) is 1. The van der Waals surface area contributed by atoms with Gasteiger partial charge in [-0.25, -0.2) is 0 Å². The number of piperazine rings is 1. The molecule has 2 aromatic carbocycles. The molecule has 4 nitrogen and oxygen atoms in total. The number of carbonyl (C=O) groups excluding carboxylic acids is 1. The van der Waals surface area contributed by atoms with Gasteiger partial charge in [-0.15, -0.1) is 0 Å². The maximum Gasteiger partial charge on any atom is 0.238 e. The second-order valence-corrected chi connectivity index (χ2v) is 6.89. The lowest BCUT2D eigenvalue weighted by molar-refractivity contribution is -0.117. The quantitative estimate of drug-likeness (QED) is 0.827. The summed E-state index contributed by atoms with van der Waals surface area (Å²) in [6, 6.07) is 16.3. The van der Waals surface area contributed by atoms with E-state index in [1.54, 1.807) is 0 Å². The summed E-state index contributed by atoms with van der Waals surface area (Å²) < 4.78 is 0. The van der Waals surface area contributed by atoms with Crippen LogP contribution in [0, 0.1) is 13.8 Å². The molecule has 2 aromatic rings. The first-order valence-corrected chi connectivity index (χ1v) is 10.1. The van der Waals surface area contributed by atoms with Gasteiger partial charge in [0.25, 0.3) is 0 Å². The second-order valence-electron chi connectivity index (χ2n) is 6.89. The second kappa shape index (κ2) is 10.7. The summed E-state index contributed by atoms with van der Waals surface area (Å²) >= 11 is 0. The number of hydrogen-bond acceptors (Lipinski definition) is 3. The summed E-state index contributed by atoms with van der Waals surface area (Å²) in [5, 5.41) is 3.07. The van der Waals surface area contributed by atoms with E-state index in [4.69, 9.17) is 0 Å². The Balaban J connectivity index is 0.00000136. The maximum atomic E-state index is 12.4. The maximum absolute atomic E-state index is 12.4. The highest BCUT2D eigenvalue weighted by Crippen LogP contribution is 2.20. The summed E-state index contributed by atoms with van der Waals surface area (Å²) in [6.07, 6.45) is 0. The number of aryl methyl sites for hydroxylation is 2. The highest BCUT2D eigenvalue weighted by molar-refractivity contribution is 5.93. The molecule has 1 saturated heterocycles. The van der Waals surface area contributed by atoms with Crippen molar-refractivity contribution < 1.29 is 4.79 Å². The van der Waals surface area contributed by atoms with Crippen LogP contribution in [-0.4, -0.2) is 48.4 Å². The fourth-order valence-electron chi connectivity index (χ4n) is 3.38. The lowest BCUT2D eigenvalue weighted by Gasteiger charge is -2.36. The smallest absolute Gasteiger partial charge is 0.238 e. The molecule has 0 saturated carbocycles. The van der Waals surface area contributed by atoms with Gasteiger partial charge in [-0.3, -0.25) is 9.69 Å². The molecule has 0 unspecified atom stereocenters. The number of rotatable bonds is 5. The van der Waals surface area contributed by atoms with Crippen LogP contribution >= 0.6 is 0 Å². The van der Waals surface area contributed by atoms with Crippen molar-refractivity contribution in [2.45, 2.75) is 27.7 Å². The Morgan fingerprint density at radius 2 is 1.50 bits per heavy atom. The molecule has 3 rings (SSSR count). The fraction of sp³-hybridized carbons (Fsp3) is 0.375. The van der Waals surface area contributed by atoms with E-state index in [-0.39, 0.29) is 5.91 Å². The van der Waals surface area contributed by atoms with Crippen LogP contribution in [0.3, 0.4) is 0 Å². The largest absolute Gasteiger partial charge is 0.369 e. The van der Waals surface area contributed by atoms with Gasteiger partial charge < -0.3 is 10.2 Å². The SMILES string of the molecule is C=C(c1ccccc1)N1CCN(CC(=O)Nc2c(C)cccc2C)CC1.CC. The van der Waals surface area contributed by atoms with Gasteiger partial charge in [0.2, 0.25) is 5.91 Å². The van der Waals surface area contributed by atoms with Gasteiger partial charge >= 0.3 is 0 Å². The van der Waals surface area contributed by atoms with E-state index in [1.807, 2.05) is 64.1 Å². The van der Waals surface area contributed by atoms with E-state index in [0.29, 0.717) is 6.54 Å². The van der Waals surface area contributed by atoms with Gasteiger partial charge in [0, 0.05) is 37.6 Å². The number of benzene rings is 2. The molecule has 0 radical (unpaired) electrons. The molecule has 28 heavy (non-hydrogen) atoms. The molecule has 0 aromatic heterocycles. The van der Waals surface area contributed by atoms with Crippen molar-refractivity contribution in [2.75, 3.05) is 38.0 Å². The Morgan fingerprint density at radius 3 is 2.07 bits per heavy atom. The molecular weight excluding hydrogens is 346 g/mol. The van der Waals surface area contributed by atoms with Crippen LogP contribution < -0.4 is 5.32 Å². The van der Waals surface area contributed by atoms with Gasteiger partial charge in [0.05, 0.1) is 6.54 Å². The van der Waals surface area contributed by atoms with E-state index in [9.17, 15) is 4.79 Å². The van der Waals surface area contributed by atoms with Crippen molar-refractivity contribution in [3.63, 3.8) is 0 Å². The molecule has 1 fully saturated rings. The lowest BCUT2D eigenvalue weighted by Crippen LogP contribution is -2.47. The lowest BCUT2D eigenvalue weighted by atomic mass is 10.1. The fourth-order valence-corrected chi connectivity index (χ4v) is 3.38. The first-order chi connectivity index (χ1) is 13.5. The average Bonchev–Trinajstić information content (AvgIpc) is 2.73. The highest BCUT2D eigenvalue weighted by Gasteiger charge is 2.20. The van der Waals surface area contributed by atoms with Crippen LogP contribution in [0.15, 0.2) is 55.1 Å². The normalized spacial score (nSPS) is 14.1. The zero-order chi connectivity index (χ0) is 20.5. The summed E-state index contributed by atoms with van der Waals surface area (Å²) in [5.41, 5.74) is 5.36. The Hall–Kier alpha value is -2.59. The van der Waals surface area contributed by atoms with Gasteiger partial charge in [-0.1, -0.05) is 69.0 Å². The topological polar surface area (TPSA) is 35.6 Å². The Kier molecular flexibility index (Phi) is 8.27. The molecular formula is C24H33N3O. The Labute approximate surface area is 169 Å². The van der Waals surface area contributed by atoms with Crippen LogP contribution in [0.5, 0.6) is 0 Å². The third-order valence-corrected chi connectivity index (χ3v) is 4.97. The molecule has 0 spiro atoms. The monoisotopic (exact) mass is 379 g/mol. The molecule has 0 atom stereocenters. The first-order valence-electron chi connectivity index (χ1n) is 10.1. The van der Waals surface area contributed by atoms with Crippen molar-refractivity contribution in [3.05, 3.63) is 71.8 Å². The summed E-state index contributed by atoms with van der Waals surface area (Å²) in [4.78, 5) is 16.9. The minimum Gasteiger partial charge on any atom is -0.369 e. The van der Waals surface area contributed by atoms with E-state index < -0.39 is 0 Å². The molecule has 1 aliphatic heterocycles. The van der Waals surface area contributed by atoms with Crippen LogP contribution in [0.4, 0.5) is 5.69 Å². The first kappa shape index (κ1) is 21.7. The Morgan fingerprint density at radius 1 is 0.929 bits per heavy atom. The molecule has 1 aliphatic rings. The van der Waals surface area contributed by atoms with Crippen molar-refractivity contribution in [3.8, 4) is 0 Å². The third kappa shape index (κ3) is 5.70. The van der Waals surface area contributed by atoms with E-state index in [1.165, 1.54) is 0 Å². The van der Waals surface area contributed by atoms with Crippen LogP contribution in [0.25, 0.3) is 5.70 Å². The molecule has 1 N–H and O–H groups in total. The molecule has 1 heterocycles. The van der Waals surface area contributed by atoms with Crippen molar-refractivity contribution in [2.24, 2.45) is 0 Å². The number of amides is 1. The molecule has 4 heteroatoms. The van der Waals surface area contributed by atoms with Gasteiger partial charge in [-0.2, -0.15) is 0 Å². The molecule has 0 bridgehead atoms. The number of hydrogen-bond donors (Lipinski definition) is 1. The zero-order valence-electron chi connectivity index (χ0n) is 17.7. The number of anilines is 1. The molecule has 150 valence electrons. The van der Waals surface area contributed by atoms with E-state index in [0.717, 1.165) is 54.3 Å². The minimum atomic E-state index is 0.0535. The number of para-hydroxylation sites is 1. The molecule has 0 aliphatic carbocycles. The number of carbonyl (C=O) groups is 1. The minimum absolute atomic E-state index is 0.0535. The van der Waals surface area contributed by atoms with E-state index in [2.05, 4.69) is 33.8 Å². The standard InChI is InChI=1S/C22H27N3O.C2H6/c1-17-8-7-9-18(2)22(17)23-21(26)16-24-12-14-25(15-13-24)19(3)20-10-5-4-6-11-20;1-2/h4-11H,3,12-16H2,1-2H3,(H,23,26);1-2H3. The van der Waals surface area contributed by atoms with Crippen LogP contribution in [0.2, 0.25) is 0 Å². The van der Waals surface area contributed by atoms with Gasteiger partial charge in [0.15, 0.2) is 0 Å². The molecule has 1 amide bonds. The zero-order valence-corrected chi connectivity index (χ0v) is 17.7. The van der Waals surface area contributed by atoms with Crippen molar-refractivity contribution >= 4 is 17.3 Å². The summed E-state index contributed by atoms with van der Waals surface area (Å²) in [5.74, 6) is 0.0535. The van der Waals surface area contributed by atoms with E-state index >= 15 is 0 Å². The average molecular weight is 380 g/mol. The predicted octanol–water partition coefficient (Wildman–Crippen LogP) is 4.56. The van der Waals surface area contributed by atoms with Gasteiger partial charge in [-0.05, 0) is 30.5 Å². The third-order valence-electron chi connectivity index (χ3n) is 4.97. The predicted molar refractivity (Wildman–Crippen MR) is 119 cm³/mol. The van der Waals surface area contributed by atoms with Crippen molar-refractivity contribution in [1.82, 2.24) is 9.80 Å². The van der Waals surface area contributed by atoms with Crippen molar-refractivity contribution in [1.29, 1.82) is 0 Å². The summed E-state index contributed by atoms with van der Waals surface area (Å²) in [7, 11) is 0. The van der Waals surface area contributed by atoms with Gasteiger partial charge in [0.1, 0.15) is 0 Å². The number of nitrogens with zero attached hydrogens (tertiary/aromatic N) is 2. The highest BCUT2D eigenvalue weighted by atomic mass is 16.2. The van der Waals surface area contributed by atoms with Crippen LogP contribution in [0.1, 0.15) is 30.5 Å². The van der Waals surface area contributed by atoms with Crippen LogP contribution in [-0.2, 0) is 4.79 Å². The summed E-state index contributed by atoms with van der Waals surface area (Å²) in [6.45, 7) is 16.2. The Bertz CT molecular complexity index is 757.